The highest BCUT2D eigenvalue weighted by molar-refractivity contribution is 7.10. The number of hydrogen-bond acceptors (Lipinski definition) is 6. The van der Waals surface area contributed by atoms with E-state index in [1.807, 2.05) is 0 Å². The van der Waals surface area contributed by atoms with E-state index in [1.165, 1.54) is 15.9 Å². The Morgan fingerprint density at radius 3 is 2.95 bits per heavy atom. The number of aromatic amines is 1. The first-order valence-electron chi connectivity index (χ1n) is 6.44. The van der Waals surface area contributed by atoms with Crippen LogP contribution in [0.25, 0.3) is 0 Å². The highest BCUT2D eigenvalue weighted by atomic mass is 32.1. The summed E-state index contributed by atoms with van der Waals surface area (Å²) in [4.78, 5) is 36.7. The van der Waals surface area contributed by atoms with Gasteiger partial charge in [0.05, 0.1) is 18.7 Å². The Balaban J connectivity index is 1.86. The van der Waals surface area contributed by atoms with Gasteiger partial charge in [-0.05, 0) is 6.07 Å². The number of nitrogens with two attached hydrogens (primary N) is 1. The molecule has 22 heavy (non-hydrogen) atoms. The van der Waals surface area contributed by atoms with Crippen molar-refractivity contribution in [3.8, 4) is 0 Å². The molecular weight excluding hydrogens is 310 g/mol. The van der Waals surface area contributed by atoms with E-state index < -0.39 is 23.6 Å². The van der Waals surface area contributed by atoms with E-state index in [2.05, 4.69) is 10.2 Å². The van der Waals surface area contributed by atoms with Crippen molar-refractivity contribution >= 4 is 23.2 Å². The van der Waals surface area contributed by atoms with Crippen LogP contribution in [0.4, 0.5) is 0 Å². The molecule has 1 amide bonds. The molecule has 0 saturated heterocycles. The number of amides is 1. The van der Waals surface area contributed by atoms with Crippen molar-refractivity contribution < 1.29 is 14.7 Å². The van der Waals surface area contributed by atoms with E-state index in [1.54, 1.807) is 16.3 Å². The Hall–Kier alpha value is -2.46. The molecule has 0 fully saturated rings. The van der Waals surface area contributed by atoms with Crippen molar-refractivity contribution in [2.45, 2.75) is 25.7 Å². The van der Waals surface area contributed by atoms with E-state index in [4.69, 9.17) is 5.73 Å². The molecule has 1 unspecified atom stereocenters. The molecule has 9 nitrogen and oxygen atoms in total. The summed E-state index contributed by atoms with van der Waals surface area (Å²) < 4.78 is 1.33. The number of thiophene rings is 1. The van der Waals surface area contributed by atoms with Gasteiger partial charge in [-0.3, -0.25) is 19.1 Å². The van der Waals surface area contributed by atoms with Crippen LogP contribution in [0, 0.1) is 0 Å². The third-order valence-corrected chi connectivity index (χ3v) is 4.48. The number of primary amides is 1. The lowest BCUT2D eigenvalue weighted by Gasteiger charge is -2.32. The number of nitrogens with zero attached hydrogens (tertiary/aromatic N) is 3. The first-order chi connectivity index (χ1) is 10.5. The standard InChI is InChI=1S/C12H13N5O4S/c13-10(18)6-1-7(22-5-6)2-16-4-9-14-15-12(21)17(9)3-8(16)11(19)20/h1,5,8H,2-4H2,(H2,13,18)(H,15,21)(H,19,20). The summed E-state index contributed by atoms with van der Waals surface area (Å²) in [5.74, 6) is -1.03. The second-order valence-corrected chi connectivity index (χ2v) is 5.98. The molecule has 116 valence electrons. The third-order valence-electron chi connectivity index (χ3n) is 3.56. The number of carbonyl (C=O) groups excluding carboxylic acids is 1. The Morgan fingerprint density at radius 1 is 1.55 bits per heavy atom. The first kappa shape index (κ1) is 14.5. The average Bonchev–Trinajstić information content (AvgIpc) is 3.06. The van der Waals surface area contributed by atoms with Gasteiger partial charge in [-0.1, -0.05) is 0 Å². The molecule has 0 aromatic carbocycles. The van der Waals surface area contributed by atoms with Crippen LogP contribution >= 0.6 is 11.3 Å². The number of carboxylic acid groups (broad SMARTS) is 1. The number of hydrogen-bond donors (Lipinski definition) is 3. The molecule has 3 heterocycles. The molecule has 0 radical (unpaired) electrons. The average molecular weight is 323 g/mol. The monoisotopic (exact) mass is 323 g/mol. The fourth-order valence-corrected chi connectivity index (χ4v) is 3.33. The van der Waals surface area contributed by atoms with Crippen LogP contribution in [0.2, 0.25) is 0 Å². The summed E-state index contributed by atoms with van der Waals surface area (Å²) in [6, 6.07) is 0.819. The lowest BCUT2D eigenvalue weighted by atomic mass is 10.2. The van der Waals surface area contributed by atoms with E-state index >= 15 is 0 Å². The molecule has 1 aliphatic rings. The van der Waals surface area contributed by atoms with E-state index in [0.29, 0.717) is 17.9 Å². The second kappa shape index (κ2) is 5.39. The molecule has 10 heteroatoms. The minimum Gasteiger partial charge on any atom is -0.480 e. The fourth-order valence-electron chi connectivity index (χ4n) is 2.43. The zero-order valence-electron chi connectivity index (χ0n) is 11.4. The van der Waals surface area contributed by atoms with Gasteiger partial charge in [0.25, 0.3) is 0 Å². The molecule has 0 bridgehead atoms. The molecule has 0 spiro atoms. The normalized spacial score (nSPS) is 18.1. The zero-order valence-corrected chi connectivity index (χ0v) is 12.2. The summed E-state index contributed by atoms with van der Waals surface area (Å²) in [5.41, 5.74) is 5.20. The second-order valence-electron chi connectivity index (χ2n) is 4.98. The van der Waals surface area contributed by atoms with Crippen LogP contribution in [-0.4, -0.2) is 42.7 Å². The predicted molar refractivity (Wildman–Crippen MR) is 76.4 cm³/mol. The Kier molecular flexibility index (Phi) is 3.54. The van der Waals surface area contributed by atoms with Gasteiger partial charge in [-0.15, -0.1) is 11.3 Å². The molecule has 0 aliphatic carbocycles. The highest BCUT2D eigenvalue weighted by Crippen LogP contribution is 2.22. The smallest absolute Gasteiger partial charge is 0.343 e. The lowest BCUT2D eigenvalue weighted by molar-refractivity contribution is -0.145. The number of aromatic nitrogens is 3. The van der Waals surface area contributed by atoms with Crippen molar-refractivity contribution in [2.24, 2.45) is 5.73 Å². The maximum atomic E-state index is 11.6. The molecule has 1 aliphatic heterocycles. The number of carbonyl (C=O) groups is 2. The maximum absolute atomic E-state index is 11.6. The largest absolute Gasteiger partial charge is 0.480 e. The number of nitrogens with one attached hydrogen (secondary N) is 1. The fraction of sp³-hybridized carbons (Fsp3) is 0.333. The number of rotatable bonds is 4. The minimum absolute atomic E-state index is 0.0358. The summed E-state index contributed by atoms with van der Waals surface area (Å²) in [6.45, 7) is 0.615. The number of H-pyrrole nitrogens is 1. The van der Waals surface area contributed by atoms with Crippen LogP contribution in [0.1, 0.15) is 21.1 Å². The summed E-state index contributed by atoms with van der Waals surface area (Å²) in [5, 5.41) is 17.2. The molecule has 0 saturated carbocycles. The maximum Gasteiger partial charge on any atom is 0.343 e. The quantitative estimate of drug-likeness (QED) is 0.674. The Labute approximate surface area is 128 Å². The van der Waals surface area contributed by atoms with Crippen LogP contribution in [-0.2, 0) is 24.4 Å². The molecule has 2 aromatic rings. The molecule has 4 N–H and O–H groups in total. The van der Waals surface area contributed by atoms with Crippen molar-refractivity contribution in [2.75, 3.05) is 0 Å². The van der Waals surface area contributed by atoms with Crippen LogP contribution in [0.15, 0.2) is 16.2 Å². The minimum atomic E-state index is -1.01. The third kappa shape index (κ3) is 2.53. The van der Waals surface area contributed by atoms with E-state index in [9.17, 15) is 19.5 Å². The van der Waals surface area contributed by atoms with Gasteiger partial charge in [0.2, 0.25) is 5.91 Å². The first-order valence-corrected chi connectivity index (χ1v) is 7.32. The molecule has 1 atom stereocenters. The summed E-state index contributed by atoms with van der Waals surface area (Å²) >= 11 is 1.34. The molecular formula is C12H13N5O4S. The lowest BCUT2D eigenvalue weighted by Crippen LogP contribution is -2.48. The topological polar surface area (TPSA) is 134 Å². The zero-order chi connectivity index (χ0) is 15.9. The van der Waals surface area contributed by atoms with Gasteiger partial charge >= 0.3 is 11.7 Å². The van der Waals surface area contributed by atoms with Crippen molar-refractivity contribution in [1.82, 2.24) is 19.7 Å². The van der Waals surface area contributed by atoms with Crippen LogP contribution in [0.5, 0.6) is 0 Å². The van der Waals surface area contributed by atoms with Crippen LogP contribution < -0.4 is 11.4 Å². The van der Waals surface area contributed by atoms with Crippen LogP contribution in [0.3, 0.4) is 0 Å². The van der Waals surface area contributed by atoms with Gasteiger partial charge in [0, 0.05) is 16.8 Å². The van der Waals surface area contributed by atoms with Crippen molar-refractivity contribution in [3.63, 3.8) is 0 Å². The van der Waals surface area contributed by atoms with E-state index in [0.717, 1.165) is 4.88 Å². The highest BCUT2D eigenvalue weighted by Gasteiger charge is 2.33. The number of fused-ring (bicyclic) bond motifs is 1. The predicted octanol–water partition coefficient (Wildman–Crippen LogP) is -0.799. The number of carboxylic acids is 1. The Bertz CT molecular complexity index is 792. The Morgan fingerprint density at radius 2 is 2.32 bits per heavy atom. The van der Waals surface area contributed by atoms with Crippen molar-refractivity contribution in [3.05, 3.63) is 38.2 Å². The molecule has 2 aromatic heterocycles. The molecule has 3 rings (SSSR count). The van der Waals surface area contributed by atoms with Crippen molar-refractivity contribution in [1.29, 1.82) is 0 Å². The van der Waals surface area contributed by atoms with Gasteiger partial charge in [-0.2, -0.15) is 5.10 Å². The number of aliphatic carboxylic acids is 1. The van der Waals surface area contributed by atoms with Gasteiger partial charge in [0.15, 0.2) is 0 Å². The van der Waals surface area contributed by atoms with Gasteiger partial charge in [-0.25, -0.2) is 9.89 Å². The summed E-state index contributed by atoms with van der Waals surface area (Å²) in [7, 11) is 0. The summed E-state index contributed by atoms with van der Waals surface area (Å²) in [6.07, 6.45) is 0. The van der Waals surface area contributed by atoms with Gasteiger partial charge < -0.3 is 10.8 Å². The van der Waals surface area contributed by atoms with Gasteiger partial charge in [0.1, 0.15) is 11.9 Å². The van der Waals surface area contributed by atoms with E-state index in [-0.39, 0.29) is 13.1 Å². The SMILES string of the molecule is NC(=O)c1csc(CN2Cc3n[nH]c(=O)n3CC2C(=O)O)c1.